The van der Waals surface area contributed by atoms with Crippen molar-refractivity contribution in [2.45, 2.75) is 0 Å². The lowest BCUT2D eigenvalue weighted by atomic mass is 10.0. The molecule has 0 radical (unpaired) electrons. The van der Waals surface area contributed by atoms with Crippen LogP contribution in [0.1, 0.15) is 0 Å². The van der Waals surface area contributed by atoms with Crippen LogP contribution in [-0.4, -0.2) is 12.2 Å². The van der Waals surface area contributed by atoms with Crippen molar-refractivity contribution in [3.05, 3.63) is 47.5 Å². The maximum absolute atomic E-state index is 9.72. The Hall–Kier alpha value is -1.67. The molecule has 0 saturated heterocycles. The summed E-state index contributed by atoms with van der Waals surface area (Å²) in [5, 5.41) is 10.3. The quantitative estimate of drug-likeness (QED) is 0.858. The van der Waals surface area contributed by atoms with Crippen LogP contribution in [0.2, 0.25) is 5.02 Å². The zero-order chi connectivity index (χ0) is 11.5. The van der Waals surface area contributed by atoms with Crippen molar-refractivity contribution in [1.82, 2.24) is 0 Å². The number of ether oxygens (including phenoxy) is 1. The zero-order valence-corrected chi connectivity index (χ0v) is 9.53. The molecule has 0 spiro atoms. The summed E-state index contributed by atoms with van der Waals surface area (Å²) in [7, 11) is 1.59. The third-order valence-electron chi connectivity index (χ3n) is 2.37. The van der Waals surface area contributed by atoms with Crippen LogP contribution in [0.4, 0.5) is 0 Å². The van der Waals surface area contributed by atoms with Gasteiger partial charge in [0.05, 0.1) is 12.1 Å². The largest absolute Gasteiger partial charge is 0.507 e. The van der Waals surface area contributed by atoms with Gasteiger partial charge in [0.25, 0.3) is 0 Å². The lowest BCUT2D eigenvalue weighted by molar-refractivity contribution is 0.415. The number of rotatable bonds is 2. The summed E-state index contributed by atoms with van der Waals surface area (Å²) >= 11 is 6.12. The second kappa shape index (κ2) is 4.45. The van der Waals surface area contributed by atoms with E-state index in [2.05, 4.69) is 0 Å². The molecule has 0 aliphatic heterocycles. The lowest BCUT2D eigenvalue weighted by Gasteiger charge is -2.08. The fourth-order valence-electron chi connectivity index (χ4n) is 1.54. The fourth-order valence-corrected chi connectivity index (χ4v) is 1.81. The summed E-state index contributed by atoms with van der Waals surface area (Å²) in [4.78, 5) is 0. The number of para-hydroxylation sites is 1. The van der Waals surface area contributed by atoms with E-state index in [0.29, 0.717) is 10.8 Å². The normalized spacial score (nSPS) is 10.1. The van der Waals surface area contributed by atoms with Crippen molar-refractivity contribution < 1.29 is 9.84 Å². The second-order valence-corrected chi connectivity index (χ2v) is 3.77. The molecule has 0 unspecified atom stereocenters. The standard InChI is InChI=1S/C13H11ClO2/c1-16-9-6-7-10(12(14)8-9)11-4-2-3-5-13(11)15/h2-8,15H,1H3. The number of phenolic OH excluding ortho intramolecular Hbond substituents is 1. The molecular formula is C13H11ClO2. The maximum atomic E-state index is 9.72. The molecule has 0 saturated carbocycles. The molecular weight excluding hydrogens is 224 g/mol. The first-order valence-corrected chi connectivity index (χ1v) is 5.22. The van der Waals surface area contributed by atoms with Crippen molar-refractivity contribution >= 4 is 11.6 Å². The molecule has 82 valence electrons. The Kier molecular flexibility index (Phi) is 3.02. The van der Waals surface area contributed by atoms with Crippen molar-refractivity contribution in [3.8, 4) is 22.6 Å². The molecule has 1 N–H and O–H groups in total. The highest BCUT2D eigenvalue weighted by Gasteiger charge is 2.08. The summed E-state index contributed by atoms with van der Waals surface area (Å²) in [5.74, 6) is 0.915. The van der Waals surface area contributed by atoms with E-state index in [1.165, 1.54) is 0 Å². The maximum Gasteiger partial charge on any atom is 0.123 e. The summed E-state index contributed by atoms with van der Waals surface area (Å²) < 4.78 is 5.07. The van der Waals surface area contributed by atoms with Gasteiger partial charge in [0.15, 0.2) is 0 Å². The van der Waals surface area contributed by atoms with Crippen molar-refractivity contribution in [1.29, 1.82) is 0 Å². The molecule has 0 aliphatic carbocycles. The van der Waals surface area contributed by atoms with Crippen molar-refractivity contribution in [3.63, 3.8) is 0 Å². The molecule has 16 heavy (non-hydrogen) atoms. The van der Waals surface area contributed by atoms with Crippen molar-refractivity contribution in [2.24, 2.45) is 0 Å². The molecule has 2 nitrogen and oxygen atoms in total. The number of halogens is 1. The summed E-state index contributed by atoms with van der Waals surface area (Å²) in [6, 6.07) is 12.5. The number of aromatic hydroxyl groups is 1. The van der Waals surface area contributed by atoms with E-state index in [-0.39, 0.29) is 5.75 Å². The van der Waals surface area contributed by atoms with Gasteiger partial charge in [0.1, 0.15) is 11.5 Å². The average Bonchev–Trinajstić information content (AvgIpc) is 2.30. The molecule has 0 amide bonds. The van der Waals surface area contributed by atoms with Crippen LogP contribution in [-0.2, 0) is 0 Å². The second-order valence-electron chi connectivity index (χ2n) is 3.36. The predicted octanol–water partition coefficient (Wildman–Crippen LogP) is 3.72. The van der Waals surface area contributed by atoms with Crippen molar-refractivity contribution in [2.75, 3.05) is 7.11 Å². The first-order valence-electron chi connectivity index (χ1n) is 4.84. The molecule has 2 rings (SSSR count). The molecule has 2 aromatic rings. The van der Waals surface area contributed by atoms with Gasteiger partial charge < -0.3 is 9.84 Å². The molecule has 3 heteroatoms. The summed E-state index contributed by atoms with van der Waals surface area (Å²) in [6.07, 6.45) is 0. The van der Waals surface area contributed by atoms with Gasteiger partial charge in [-0.2, -0.15) is 0 Å². The molecule has 0 aliphatic rings. The minimum Gasteiger partial charge on any atom is -0.507 e. The number of phenols is 1. The Morgan fingerprint density at radius 1 is 1.06 bits per heavy atom. The SMILES string of the molecule is COc1ccc(-c2ccccc2O)c(Cl)c1. The van der Waals surface area contributed by atoms with E-state index in [1.807, 2.05) is 24.3 Å². The monoisotopic (exact) mass is 234 g/mol. The van der Waals surface area contributed by atoms with E-state index in [1.54, 1.807) is 25.3 Å². The van der Waals surface area contributed by atoms with Gasteiger partial charge in [-0.1, -0.05) is 29.8 Å². The third-order valence-corrected chi connectivity index (χ3v) is 2.68. The summed E-state index contributed by atoms with van der Waals surface area (Å²) in [6.45, 7) is 0. The highest BCUT2D eigenvalue weighted by molar-refractivity contribution is 6.33. The number of benzene rings is 2. The van der Waals surface area contributed by atoms with Crippen LogP contribution >= 0.6 is 11.6 Å². The first kappa shape index (κ1) is 10.8. The molecule has 0 heterocycles. The third kappa shape index (κ3) is 1.97. The lowest BCUT2D eigenvalue weighted by Crippen LogP contribution is -1.85. The van der Waals surface area contributed by atoms with Crippen LogP contribution in [0.25, 0.3) is 11.1 Å². The van der Waals surface area contributed by atoms with E-state index in [0.717, 1.165) is 11.1 Å². The van der Waals surface area contributed by atoms with Crippen LogP contribution in [0, 0.1) is 0 Å². The van der Waals surface area contributed by atoms with Crippen LogP contribution in [0.3, 0.4) is 0 Å². The van der Waals surface area contributed by atoms with Gasteiger partial charge >= 0.3 is 0 Å². The van der Waals surface area contributed by atoms with Gasteiger partial charge in [-0.15, -0.1) is 0 Å². The predicted molar refractivity (Wildman–Crippen MR) is 65.1 cm³/mol. The number of hydrogen-bond acceptors (Lipinski definition) is 2. The van der Waals surface area contributed by atoms with Crippen LogP contribution in [0.5, 0.6) is 11.5 Å². The van der Waals surface area contributed by atoms with Crippen LogP contribution < -0.4 is 4.74 Å². The smallest absolute Gasteiger partial charge is 0.123 e. The topological polar surface area (TPSA) is 29.5 Å². The number of hydrogen-bond donors (Lipinski definition) is 1. The Morgan fingerprint density at radius 3 is 2.44 bits per heavy atom. The van der Waals surface area contributed by atoms with Gasteiger partial charge in [-0.25, -0.2) is 0 Å². The van der Waals surface area contributed by atoms with Crippen LogP contribution in [0.15, 0.2) is 42.5 Å². The first-order chi connectivity index (χ1) is 7.72. The molecule has 2 aromatic carbocycles. The minimum absolute atomic E-state index is 0.217. The Bertz CT molecular complexity index is 509. The van der Waals surface area contributed by atoms with E-state index in [9.17, 15) is 5.11 Å². The Balaban J connectivity index is 2.53. The summed E-state index contributed by atoms with van der Waals surface area (Å²) in [5.41, 5.74) is 1.51. The van der Waals surface area contributed by atoms with Gasteiger partial charge in [0.2, 0.25) is 0 Å². The van der Waals surface area contributed by atoms with Gasteiger partial charge in [0, 0.05) is 11.1 Å². The van der Waals surface area contributed by atoms with Gasteiger partial charge in [-0.05, 0) is 24.3 Å². The Morgan fingerprint density at radius 2 is 1.81 bits per heavy atom. The molecule has 0 aromatic heterocycles. The van der Waals surface area contributed by atoms with Gasteiger partial charge in [-0.3, -0.25) is 0 Å². The number of methoxy groups -OCH3 is 1. The minimum atomic E-state index is 0.217. The van der Waals surface area contributed by atoms with E-state index >= 15 is 0 Å². The fraction of sp³-hybridized carbons (Fsp3) is 0.0769. The molecule has 0 atom stereocenters. The van der Waals surface area contributed by atoms with E-state index in [4.69, 9.17) is 16.3 Å². The highest BCUT2D eigenvalue weighted by Crippen LogP contribution is 2.35. The molecule has 0 bridgehead atoms. The molecule has 0 fully saturated rings. The highest BCUT2D eigenvalue weighted by atomic mass is 35.5. The Labute approximate surface area is 99.1 Å². The van der Waals surface area contributed by atoms with E-state index < -0.39 is 0 Å². The average molecular weight is 235 g/mol. The zero-order valence-electron chi connectivity index (χ0n) is 8.77.